The van der Waals surface area contributed by atoms with E-state index in [1.165, 1.54) is 20.9 Å². The summed E-state index contributed by atoms with van der Waals surface area (Å²) < 4.78 is 5.26. The van der Waals surface area contributed by atoms with Gasteiger partial charge in [-0.05, 0) is 44.4 Å². The zero-order valence-electron chi connectivity index (χ0n) is 13.8. The summed E-state index contributed by atoms with van der Waals surface area (Å²) in [5.74, 6) is 0.627. The van der Waals surface area contributed by atoms with E-state index in [2.05, 4.69) is 32.9 Å². The van der Waals surface area contributed by atoms with Gasteiger partial charge in [0, 0.05) is 21.9 Å². The predicted octanol–water partition coefficient (Wildman–Crippen LogP) is 3.91. The Labute approximate surface area is 153 Å². The third-order valence-electron chi connectivity index (χ3n) is 4.43. The smallest absolute Gasteiger partial charge is 0.315 e. The molecule has 4 heterocycles. The summed E-state index contributed by atoms with van der Waals surface area (Å²) in [5.41, 5.74) is 3.74. The highest BCUT2D eigenvalue weighted by atomic mass is 32.1. The van der Waals surface area contributed by atoms with Crippen LogP contribution in [-0.2, 0) is 19.4 Å². The lowest BCUT2D eigenvalue weighted by Crippen LogP contribution is -2.22. The molecule has 3 aromatic heterocycles. The van der Waals surface area contributed by atoms with Crippen molar-refractivity contribution in [1.82, 2.24) is 20.4 Å². The van der Waals surface area contributed by atoms with Crippen LogP contribution in [0.1, 0.15) is 33.3 Å². The van der Waals surface area contributed by atoms with Crippen LogP contribution in [0.4, 0.5) is 11.0 Å². The molecule has 1 aliphatic heterocycles. The van der Waals surface area contributed by atoms with Gasteiger partial charge in [0.15, 0.2) is 5.82 Å². The summed E-state index contributed by atoms with van der Waals surface area (Å²) in [6.07, 6.45) is 7.56. The monoisotopic (exact) mass is 371 g/mol. The van der Waals surface area contributed by atoms with Gasteiger partial charge in [-0.1, -0.05) is 11.2 Å². The Hall–Kier alpha value is -2.03. The number of rotatable bonds is 3. The van der Waals surface area contributed by atoms with Gasteiger partial charge >= 0.3 is 6.01 Å². The van der Waals surface area contributed by atoms with E-state index in [4.69, 9.17) is 9.51 Å². The van der Waals surface area contributed by atoms with E-state index in [1.807, 2.05) is 18.3 Å². The maximum absolute atomic E-state index is 5.26. The number of fused-ring (bicyclic) bond motifs is 2. The molecule has 0 atom stereocenters. The van der Waals surface area contributed by atoms with Gasteiger partial charge in [-0.3, -0.25) is 5.32 Å². The van der Waals surface area contributed by atoms with E-state index in [0.29, 0.717) is 11.8 Å². The number of anilines is 2. The van der Waals surface area contributed by atoms with Crippen molar-refractivity contribution in [2.45, 2.75) is 32.7 Å². The molecule has 0 saturated carbocycles. The fourth-order valence-electron chi connectivity index (χ4n) is 3.28. The standard InChI is InChI=1S/C17H17N5OS2/c1-9-19-17(23-22-9)21-16-14(10-6-7-18-8-13(10)25-16)15-20-11-4-2-3-5-12(11)24-15/h2,4,18H,3,5-8H2,1H3,(H,19,21,22). The summed E-state index contributed by atoms with van der Waals surface area (Å²) in [6.45, 7) is 3.73. The SMILES string of the molecule is Cc1noc(Nc2sc3c(c2-c2nc4c(s2)CCC=C4)CCNC3)n1. The average Bonchev–Trinajstić information content (AvgIpc) is 3.30. The van der Waals surface area contributed by atoms with Gasteiger partial charge in [0.2, 0.25) is 0 Å². The zero-order valence-corrected chi connectivity index (χ0v) is 15.4. The fourth-order valence-corrected chi connectivity index (χ4v) is 5.70. The van der Waals surface area contributed by atoms with Gasteiger partial charge in [-0.15, -0.1) is 22.7 Å². The van der Waals surface area contributed by atoms with Crippen molar-refractivity contribution in [3.05, 3.63) is 32.9 Å². The van der Waals surface area contributed by atoms with Crippen LogP contribution in [0.25, 0.3) is 16.6 Å². The van der Waals surface area contributed by atoms with E-state index in [1.54, 1.807) is 11.3 Å². The first-order chi connectivity index (χ1) is 12.3. The second-order valence-electron chi connectivity index (χ2n) is 6.17. The molecule has 0 unspecified atom stereocenters. The highest BCUT2D eigenvalue weighted by molar-refractivity contribution is 7.19. The number of thiophene rings is 1. The summed E-state index contributed by atoms with van der Waals surface area (Å²) in [7, 11) is 0. The molecule has 128 valence electrons. The van der Waals surface area contributed by atoms with Gasteiger partial charge < -0.3 is 9.84 Å². The molecule has 5 rings (SSSR count). The molecule has 2 N–H and O–H groups in total. The lowest BCUT2D eigenvalue weighted by Gasteiger charge is -2.13. The fraction of sp³-hybridized carbons (Fsp3) is 0.353. The quantitative estimate of drug-likeness (QED) is 0.727. The predicted molar refractivity (Wildman–Crippen MR) is 101 cm³/mol. The van der Waals surface area contributed by atoms with Crippen LogP contribution in [0, 0.1) is 6.92 Å². The highest BCUT2D eigenvalue weighted by Crippen LogP contribution is 2.45. The first-order valence-corrected chi connectivity index (χ1v) is 10.0. The minimum absolute atomic E-state index is 0.437. The van der Waals surface area contributed by atoms with Gasteiger partial charge in [-0.25, -0.2) is 4.98 Å². The molecule has 0 amide bonds. The van der Waals surface area contributed by atoms with Crippen LogP contribution in [-0.4, -0.2) is 21.7 Å². The number of nitrogens with zero attached hydrogens (tertiary/aromatic N) is 3. The van der Waals surface area contributed by atoms with Gasteiger partial charge in [-0.2, -0.15) is 4.98 Å². The molecule has 8 heteroatoms. The van der Waals surface area contributed by atoms with Crippen molar-refractivity contribution in [3.8, 4) is 10.6 Å². The molecule has 0 fully saturated rings. The molecule has 6 nitrogen and oxygen atoms in total. The topological polar surface area (TPSA) is 75.9 Å². The number of aromatic nitrogens is 3. The van der Waals surface area contributed by atoms with E-state index >= 15 is 0 Å². The Bertz CT molecular complexity index is 968. The third kappa shape index (κ3) is 2.70. The molecule has 0 spiro atoms. The molecule has 3 aromatic rings. The lowest BCUT2D eigenvalue weighted by molar-refractivity contribution is 0.429. The molecule has 0 saturated heterocycles. The molecule has 1 aliphatic carbocycles. The van der Waals surface area contributed by atoms with Crippen molar-refractivity contribution in [2.24, 2.45) is 0 Å². The maximum atomic E-state index is 5.26. The van der Waals surface area contributed by atoms with E-state index in [9.17, 15) is 0 Å². The minimum atomic E-state index is 0.437. The number of hydrogen-bond acceptors (Lipinski definition) is 8. The van der Waals surface area contributed by atoms with Gasteiger partial charge in [0.1, 0.15) is 10.0 Å². The molecule has 0 radical (unpaired) electrons. The second kappa shape index (κ2) is 6.05. The van der Waals surface area contributed by atoms with Crippen LogP contribution >= 0.6 is 22.7 Å². The molecule has 25 heavy (non-hydrogen) atoms. The maximum Gasteiger partial charge on any atom is 0.326 e. The lowest BCUT2D eigenvalue weighted by atomic mass is 10.0. The van der Waals surface area contributed by atoms with E-state index in [-0.39, 0.29) is 0 Å². The number of thiazole rings is 1. The Morgan fingerprint density at radius 2 is 2.16 bits per heavy atom. The Morgan fingerprint density at radius 1 is 1.20 bits per heavy atom. The van der Waals surface area contributed by atoms with Crippen LogP contribution < -0.4 is 10.6 Å². The molecular formula is C17H17N5OS2. The normalized spacial score (nSPS) is 15.9. The van der Waals surface area contributed by atoms with Gasteiger partial charge in [0.25, 0.3) is 0 Å². The van der Waals surface area contributed by atoms with Gasteiger partial charge in [0.05, 0.1) is 5.69 Å². The van der Waals surface area contributed by atoms with Crippen LogP contribution in [0.3, 0.4) is 0 Å². The van der Waals surface area contributed by atoms with Crippen molar-refractivity contribution in [3.63, 3.8) is 0 Å². The van der Waals surface area contributed by atoms with Crippen molar-refractivity contribution in [1.29, 1.82) is 0 Å². The Morgan fingerprint density at radius 3 is 3.00 bits per heavy atom. The largest absolute Gasteiger partial charge is 0.326 e. The highest BCUT2D eigenvalue weighted by Gasteiger charge is 2.26. The molecule has 2 aliphatic rings. The number of nitrogens with one attached hydrogen (secondary N) is 2. The first-order valence-electron chi connectivity index (χ1n) is 8.37. The summed E-state index contributed by atoms with van der Waals surface area (Å²) in [5, 5.41) is 12.8. The molecule has 0 aromatic carbocycles. The number of aryl methyl sites for hydroxylation is 2. The van der Waals surface area contributed by atoms with Crippen LogP contribution in [0.15, 0.2) is 10.6 Å². The average molecular weight is 371 g/mol. The Balaban J connectivity index is 1.62. The van der Waals surface area contributed by atoms with Crippen molar-refractivity contribution >= 4 is 39.8 Å². The summed E-state index contributed by atoms with van der Waals surface area (Å²) in [4.78, 5) is 12.0. The number of allylic oxidation sites excluding steroid dienone is 1. The van der Waals surface area contributed by atoms with Crippen LogP contribution in [0.2, 0.25) is 0 Å². The van der Waals surface area contributed by atoms with Crippen LogP contribution in [0.5, 0.6) is 0 Å². The van der Waals surface area contributed by atoms with Crippen molar-refractivity contribution in [2.75, 3.05) is 11.9 Å². The van der Waals surface area contributed by atoms with E-state index in [0.717, 1.165) is 48.1 Å². The molecular weight excluding hydrogens is 354 g/mol. The third-order valence-corrected chi connectivity index (χ3v) is 6.73. The van der Waals surface area contributed by atoms with E-state index < -0.39 is 0 Å². The summed E-state index contributed by atoms with van der Waals surface area (Å²) in [6, 6.07) is 0.437. The number of hydrogen-bond donors (Lipinski definition) is 2. The first kappa shape index (κ1) is 15.2. The molecule has 0 bridgehead atoms. The summed E-state index contributed by atoms with van der Waals surface area (Å²) >= 11 is 3.57. The minimum Gasteiger partial charge on any atom is -0.315 e. The second-order valence-corrected chi connectivity index (χ2v) is 8.36. The van der Waals surface area contributed by atoms with Crippen molar-refractivity contribution < 1.29 is 4.52 Å². The zero-order chi connectivity index (χ0) is 16.8. The Kier molecular flexibility index (Phi) is 3.69.